The minimum absolute atomic E-state index is 0.297. The van der Waals surface area contributed by atoms with Gasteiger partial charge in [-0.25, -0.2) is 4.98 Å². The summed E-state index contributed by atoms with van der Waals surface area (Å²) in [5, 5.41) is 0. The van der Waals surface area contributed by atoms with Crippen LogP contribution in [0.4, 0.5) is 0 Å². The van der Waals surface area contributed by atoms with Crippen molar-refractivity contribution in [1.29, 1.82) is 0 Å². The zero-order valence-corrected chi connectivity index (χ0v) is 11.1. The molecule has 1 aliphatic rings. The van der Waals surface area contributed by atoms with Crippen molar-refractivity contribution in [1.82, 2.24) is 9.55 Å². The number of nitrogens with two attached hydrogens (primary N) is 1. The molecular weight excluding hydrogens is 242 g/mol. The highest BCUT2D eigenvalue weighted by Gasteiger charge is 2.19. The van der Waals surface area contributed by atoms with Gasteiger partial charge in [0.25, 0.3) is 0 Å². The van der Waals surface area contributed by atoms with Crippen molar-refractivity contribution >= 4 is 0 Å². The van der Waals surface area contributed by atoms with Gasteiger partial charge < -0.3 is 19.8 Å². The lowest BCUT2D eigenvalue weighted by Gasteiger charge is -2.20. The van der Waals surface area contributed by atoms with E-state index < -0.39 is 5.54 Å². The fourth-order valence-corrected chi connectivity index (χ4v) is 2.22. The summed E-state index contributed by atoms with van der Waals surface area (Å²) in [6.07, 6.45) is 3.61. The lowest BCUT2D eigenvalue weighted by atomic mass is 10.0. The number of ether oxygens (including phenoxy) is 2. The summed E-state index contributed by atoms with van der Waals surface area (Å²) in [6.45, 7) is 4.96. The molecule has 0 spiro atoms. The lowest BCUT2D eigenvalue weighted by molar-refractivity contribution is 0.174. The van der Waals surface area contributed by atoms with E-state index in [0.717, 1.165) is 22.8 Å². The van der Waals surface area contributed by atoms with E-state index in [4.69, 9.17) is 15.2 Å². The molecule has 1 aromatic heterocycles. The Labute approximate surface area is 112 Å². The van der Waals surface area contributed by atoms with E-state index in [1.807, 2.05) is 38.2 Å². The van der Waals surface area contributed by atoms with Crippen LogP contribution < -0.4 is 15.2 Å². The maximum atomic E-state index is 6.14. The van der Waals surface area contributed by atoms with Gasteiger partial charge in [-0.15, -0.1) is 0 Å². The topological polar surface area (TPSA) is 62.3 Å². The van der Waals surface area contributed by atoms with Gasteiger partial charge in [0.15, 0.2) is 11.5 Å². The van der Waals surface area contributed by atoms with E-state index in [1.165, 1.54) is 0 Å². The molecule has 2 heterocycles. The molecule has 0 radical (unpaired) electrons. The van der Waals surface area contributed by atoms with Crippen LogP contribution in [-0.2, 0) is 12.1 Å². The molecule has 5 heteroatoms. The quantitative estimate of drug-likeness (QED) is 0.913. The summed E-state index contributed by atoms with van der Waals surface area (Å²) < 4.78 is 12.7. The number of benzene rings is 1. The van der Waals surface area contributed by atoms with Crippen LogP contribution in [0.5, 0.6) is 11.5 Å². The largest absolute Gasteiger partial charge is 0.454 e. The van der Waals surface area contributed by atoms with Crippen LogP contribution in [0.25, 0.3) is 0 Å². The number of fused-ring (bicyclic) bond motifs is 1. The molecule has 0 unspecified atom stereocenters. The van der Waals surface area contributed by atoms with Crippen molar-refractivity contribution in [2.45, 2.75) is 25.9 Å². The Kier molecular flexibility index (Phi) is 2.71. The maximum absolute atomic E-state index is 6.14. The molecule has 0 saturated heterocycles. The summed E-state index contributed by atoms with van der Waals surface area (Å²) in [4.78, 5) is 4.18. The summed E-state index contributed by atoms with van der Waals surface area (Å²) in [7, 11) is 0. The number of hydrogen-bond acceptors (Lipinski definition) is 4. The van der Waals surface area contributed by atoms with E-state index in [2.05, 4.69) is 9.55 Å². The smallest absolute Gasteiger partial charge is 0.231 e. The molecule has 1 aliphatic heterocycles. The molecule has 2 aromatic rings. The number of imidazole rings is 1. The van der Waals surface area contributed by atoms with Gasteiger partial charge in [-0.05, 0) is 31.5 Å². The number of aromatic nitrogens is 2. The van der Waals surface area contributed by atoms with Gasteiger partial charge in [0, 0.05) is 12.7 Å². The third kappa shape index (κ3) is 2.29. The SMILES string of the molecule is CC(C)(N)c1cncn1Cc1ccc2c(c1)OCO2. The molecule has 0 saturated carbocycles. The Balaban J connectivity index is 1.88. The summed E-state index contributed by atoms with van der Waals surface area (Å²) in [5.74, 6) is 1.60. The van der Waals surface area contributed by atoms with Crippen LogP contribution in [-0.4, -0.2) is 16.3 Å². The van der Waals surface area contributed by atoms with E-state index in [0.29, 0.717) is 13.3 Å². The van der Waals surface area contributed by atoms with E-state index >= 15 is 0 Å². The third-order valence-electron chi connectivity index (χ3n) is 3.16. The Morgan fingerprint density at radius 1 is 1.32 bits per heavy atom. The monoisotopic (exact) mass is 259 g/mol. The first-order valence-electron chi connectivity index (χ1n) is 6.22. The normalized spacial score (nSPS) is 13.8. The van der Waals surface area contributed by atoms with Crippen molar-refractivity contribution in [3.05, 3.63) is 42.0 Å². The van der Waals surface area contributed by atoms with E-state index in [-0.39, 0.29) is 0 Å². The zero-order chi connectivity index (χ0) is 13.5. The zero-order valence-electron chi connectivity index (χ0n) is 11.1. The maximum Gasteiger partial charge on any atom is 0.231 e. The van der Waals surface area contributed by atoms with Crippen molar-refractivity contribution in [2.24, 2.45) is 5.73 Å². The number of hydrogen-bond donors (Lipinski definition) is 1. The minimum Gasteiger partial charge on any atom is -0.454 e. The van der Waals surface area contributed by atoms with Gasteiger partial charge in [-0.3, -0.25) is 0 Å². The van der Waals surface area contributed by atoms with Crippen LogP contribution in [0.2, 0.25) is 0 Å². The molecular formula is C14H17N3O2. The van der Waals surface area contributed by atoms with Gasteiger partial charge in [-0.2, -0.15) is 0 Å². The van der Waals surface area contributed by atoms with Crippen molar-refractivity contribution < 1.29 is 9.47 Å². The Bertz CT molecular complexity index is 599. The van der Waals surface area contributed by atoms with Gasteiger partial charge in [0.1, 0.15) is 0 Å². The highest BCUT2D eigenvalue weighted by atomic mass is 16.7. The molecule has 0 bridgehead atoms. The summed E-state index contributed by atoms with van der Waals surface area (Å²) in [6, 6.07) is 5.96. The Morgan fingerprint density at radius 3 is 2.89 bits per heavy atom. The molecule has 3 rings (SSSR count). The van der Waals surface area contributed by atoms with Crippen LogP contribution >= 0.6 is 0 Å². The Hall–Kier alpha value is -2.01. The first-order chi connectivity index (χ1) is 9.04. The molecule has 5 nitrogen and oxygen atoms in total. The van der Waals surface area contributed by atoms with Crippen LogP contribution in [0.1, 0.15) is 25.1 Å². The highest BCUT2D eigenvalue weighted by Crippen LogP contribution is 2.32. The van der Waals surface area contributed by atoms with Crippen molar-refractivity contribution in [2.75, 3.05) is 6.79 Å². The second-order valence-electron chi connectivity index (χ2n) is 5.32. The predicted molar refractivity (Wildman–Crippen MR) is 71.1 cm³/mol. The summed E-state index contributed by atoms with van der Waals surface area (Å²) in [5.41, 5.74) is 7.87. The second-order valence-corrected chi connectivity index (χ2v) is 5.32. The lowest BCUT2D eigenvalue weighted by Crippen LogP contribution is -2.31. The number of rotatable bonds is 3. The fourth-order valence-electron chi connectivity index (χ4n) is 2.22. The van der Waals surface area contributed by atoms with Gasteiger partial charge in [0.05, 0.1) is 17.6 Å². The minimum atomic E-state index is -0.410. The average Bonchev–Trinajstić information content (AvgIpc) is 2.95. The molecule has 0 atom stereocenters. The van der Waals surface area contributed by atoms with E-state index in [1.54, 1.807) is 6.33 Å². The third-order valence-corrected chi connectivity index (χ3v) is 3.16. The average molecular weight is 259 g/mol. The molecule has 0 amide bonds. The van der Waals surface area contributed by atoms with Gasteiger partial charge in [0.2, 0.25) is 6.79 Å². The molecule has 0 aliphatic carbocycles. The number of nitrogens with zero attached hydrogens (tertiary/aromatic N) is 2. The van der Waals surface area contributed by atoms with E-state index in [9.17, 15) is 0 Å². The second kappa shape index (κ2) is 4.28. The van der Waals surface area contributed by atoms with Crippen LogP contribution in [0.15, 0.2) is 30.7 Å². The first-order valence-corrected chi connectivity index (χ1v) is 6.22. The molecule has 1 aromatic carbocycles. The Morgan fingerprint density at radius 2 is 2.11 bits per heavy atom. The van der Waals surface area contributed by atoms with Crippen molar-refractivity contribution in [3.8, 4) is 11.5 Å². The highest BCUT2D eigenvalue weighted by molar-refractivity contribution is 5.44. The standard InChI is InChI=1S/C14H17N3O2/c1-14(2,15)13-6-16-8-17(13)7-10-3-4-11-12(5-10)19-9-18-11/h3-6,8H,7,9,15H2,1-2H3. The van der Waals surface area contributed by atoms with Gasteiger partial charge >= 0.3 is 0 Å². The molecule has 19 heavy (non-hydrogen) atoms. The summed E-state index contributed by atoms with van der Waals surface area (Å²) >= 11 is 0. The molecule has 2 N–H and O–H groups in total. The van der Waals surface area contributed by atoms with Crippen LogP contribution in [0, 0.1) is 0 Å². The predicted octanol–water partition coefficient (Wildman–Crippen LogP) is 1.85. The molecule has 0 fully saturated rings. The first kappa shape index (κ1) is 12.0. The fraction of sp³-hybridized carbons (Fsp3) is 0.357. The van der Waals surface area contributed by atoms with Crippen molar-refractivity contribution in [3.63, 3.8) is 0 Å². The van der Waals surface area contributed by atoms with Crippen LogP contribution in [0.3, 0.4) is 0 Å². The van der Waals surface area contributed by atoms with Gasteiger partial charge in [-0.1, -0.05) is 6.07 Å². The molecule has 100 valence electrons.